The van der Waals surface area contributed by atoms with E-state index in [9.17, 15) is 0 Å². The van der Waals surface area contributed by atoms with Crippen molar-refractivity contribution in [1.82, 2.24) is 0 Å². The van der Waals surface area contributed by atoms with Gasteiger partial charge in [0, 0.05) is 7.14 Å². The Morgan fingerprint density at radius 1 is 0.276 bits per heavy atom. The zero-order chi connectivity index (χ0) is 38.7. The summed E-state index contributed by atoms with van der Waals surface area (Å²) in [5.41, 5.74) is 17.3. The Bertz CT molecular complexity index is 3020. The van der Waals surface area contributed by atoms with Crippen molar-refractivity contribution in [2.24, 2.45) is 0 Å². The largest absolute Gasteiger partial charge is 0.0622 e. The van der Waals surface area contributed by atoms with Gasteiger partial charge in [-0.25, -0.2) is 0 Å². The van der Waals surface area contributed by atoms with E-state index in [2.05, 4.69) is 227 Å². The second-order valence-electron chi connectivity index (χ2n) is 15.8. The van der Waals surface area contributed by atoms with Crippen LogP contribution >= 0.6 is 45.2 Å². The maximum atomic E-state index is 2.57. The van der Waals surface area contributed by atoms with E-state index in [0.717, 1.165) is 25.7 Å². The molecule has 0 unspecified atom stereocenters. The third kappa shape index (κ3) is 6.15. The van der Waals surface area contributed by atoms with E-state index < -0.39 is 0 Å². The number of hydrogen-bond acceptors (Lipinski definition) is 0. The first kappa shape index (κ1) is 35.8. The van der Waals surface area contributed by atoms with Crippen LogP contribution < -0.4 is 0 Å². The summed E-state index contributed by atoms with van der Waals surface area (Å²) in [5.74, 6) is 0. The molecule has 2 heteroatoms. The molecule has 0 atom stereocenters. The molecule has 276 valence electrons. The lowest BCUT2D eigenvalue weighted by molar-refractivity contribution is 0.992. The molecule has 0 spiro atoms. The van der Waals surface area contributed by atoms with Crippen LogP contribution in [0.15, 0.2) is 182 Å². The van der Waals surface area contributed by atoms with E-state index in [0.29, 0.717) is 0 Å². The van der Waals surface area contributed by atoms with Crippen LogP contribution in [0.3, 0.4) is 0 Å². The lowest BCUT2D eigenvalue weighted by Gasteiger charge is -2.28. The SMILES string of the molecule is Ic1c2c(c(I)c3cc4ccccc4cc13)Cc1ccccc1C2.c1ccc(-c2c3c(c(-c4ccccc4)c4cc5ccccc5cc24)Cc2ccccc2C3)cc1. The molecular weight excluding hydrogens is 926 g/mol. The van der Waals surface area contributed by atoms with Gasteiger partial charge in [0.05, 0.1) is 0 Å². The normalized spacial score (nSPS) is 12.7. The van der Waals surface area contributed by atoms with Gasteiger partial charge in [-0.05, 0) is 205 Å². The molecule has 2 aliphatic rings. The van der Waals surface area contributed by atoms with Gasteiger partial charge < -0.3 is 0 Å². The van der Waals surface area contributed by atoms with Crippen molar-refractivity contribution in [3.63, 3.8) is 0 Å². The number of rotatable bonds is 2. The second-order valence-corrected chi connectivity index (χ2v) is 17.9. The first-order chi connectivity index (χ1) is 28.6. The van der Waals surface area contributed by atoms with Crippen LogP contribution in [0.25, 0.3) is 65.3 Å². The smallest absolute Gasteiger partial charge is 0.0248 e. The molecule has 0 aromatic heterocycles. The number of halogens is 2. The molecule has 10 aromatic rings. The summed E-state index contributed by atoms with van der Waals surface area (Å²) < 4.78 is 2.86. The fourth-order valence-corrected chi connectivity index (χ4v) is 11.6. The number of benzene rings is 10. The van der Waals surface area contributed by atoms with E-state index in [1.165, 1.54) is 117 Å². The van der Waals surface area contributed by atoms with Gasteiger partial charge in [-0.15, -0.1) is 0 Å². The lowest BCUT2D eigenvalue weighted by atomic mass is 9.75. The van der Waals surface area contributed by atoms with Crippen molar-refractivity contribution >= 4 is 88.3 Å². The van der Waals surface area contributed by atoms with Gasteiger partial charge in [0.2, 0.25) is 0 Å². The average Bonchev–Trinajstić information content (AvgIpc) is 3.28. The third-order valence-electron chi connectivity index (χ3n) is 12.5. The van der Waals surface area contributed by atoms with Crippen molar-refractivity contribution in [2.75, 3.05) is 0 Å². The zero-order valence-electron chi connectivity index (χ0n) is 31.9. The Kier molecular flexibility index (Phi) is 9.15. The summed E-state index contributed by atoms with van der Waals surface area (Å²) in [4.78, 5) is 0. The topological polar surface area (TPSA) is 0 Å². The molecule has 0 saturated heterocycles. The molecule has 0 N–H and O–H groups in total. The van der Waals surface area contributed by atoms with Crippen molar-refractivity contribution in [1.29, 1.82) is 0 Å². The molecule has 0 fully saturated rings. The van der Waals surface area contributed by atoms with Gasteiger partial charge in [-0.1, -0.05) is 158 Å². The van der Waals surface area contributed by atoms with E-state index >= 15 is 0 Å². The van der Waals surface area contributed by atoms with Crippen LogP contribution in [0.1, 0.15) is 44.5 Å². The predicted molar refractivity (Wildman–Crippen MR) is 263 cm³/mol. The Balaban J connectivity index is 0.000000141. The molecule has 0 amide bonds. The minimum absolute atomic E-state index is 0.971. The Labute approximate surface area is 366 Å². The van der Waals surface area contributed by atoms with Crippen LogP contribution in [0, 0.1) is 7.14 Å². The molecule has 0 bridgehead atoms. The zero-order valence-corrected chi connectivity index (χ0v) is 36.2. The van der Waals surface area contributed by atoms with Crippen molar-refractivity contribution in [2.45, 2.75) is 25.7 Å². The standard InChI is InChI=1S/C34H24.C22H14I2/c1-3-11-23(12-4-1)33-29-19-25-15-7-9-17-27(25)21-31(29)34(24-13-5-2-6-14-24)32-22-28-18-10-8-16-26(28)20-30(32)33;23-21-17-9-13-5-1-2-6-14(13)10-18(17)22(24)20-12-16-8-4-3-7-15(16)11-19(20)21/h1-19,21H,20,22H2;1-10H,11-12H2. The summed E-state index contributed by atoms with van der Waals surface area (Å²) in [5, 5.41) is 10.7. The summed E-state index contributed by atoms with van der Waals surface area (Å²) in [6.45, 7) is 0. The van der Waals surface area contributed by atoms with E-state index in [4.69, 9.17) is 0 Å². The van der Waals surface area contributed by atoms with Gasteiger partial charge in [0.1, 0.15) is 0 Å². The predicted octanol–water partition coefficient (Wildman–Crippen LogP) is 15.5. The van der Waals surface area contributed by atoms with E-state index in [1.807, 2.05) is 0 Å². The van der Waals surface area contributed by atoms with Gasteiger partial charge in [0.15, 0.2) is 0 Å². The van der Waals surface area contributed by atoms with Crippen LogP contribution in [0.2, 0.25) is 0 Å². The molecule has 58 heavy (non-hydrogen) atoms. The monoisotopic (exact) mass is 964 g/mol. The summed E-state index contributed by atoms with van der Waals surface area (Å²) >= 11 is 5.13. The highest BCUT2D eigenvalue weighted by molar-refractivity contribution is 14.1. The third-order valence-corrected chi connectivity index (χ3v) is 14.9. The number of hydrogen-bond donors (Lipinski definition) is 0. The molecular formula is C56H38I2. The Morgan fingerprint density at radius 2 is 0.552 bits per heavy atom. The highest BCUT2D eigenvalue weighted by atomic mass is 127. The van der Waals surface area contributed by atoms with Gasteiger partial charge in [-0.3, -0.25) is 0 Å². The van der Waals surface area contributed by atoms with E-state index in [-0.39, 0.29) is 0 Å². The molecule has 0 heterocycles. The summed E-state index contributed by atoms with van der Waals surface area (Å²) in [7, 11) is 0. The fourth-order valence-electron chi connectivity index (χ4n) is 9.67. The maximum absolute atomic E-state index is 2.57. The molecule has 0 aliphatic heterocycles. The molecule has 0 nitrogen and oxygen atoms in total. The van der Waals surface area contributed by atoms with Gasteiger partial charge >= 0.3 is 0 Å². The first-order valence-corrected chi connectivity index (χ1v) is 22.3. The summed E-state index contributed by atoms with van der Waals surface area (Å²) in [6, 6.07) is 66.8. The first-order valence-electron chi connectivity index (χ1n) is 20.1. The molecule has 0 radical (unpaired) electrons. The van der Waals surface area contributed by atoms with Crippen LogP contribution in [0.4, 0.5) is 0 Å². The molecule has 0 saturated carbocycles. The average molecular weight is 965 g/mol. The Morgan fingerprint density at radius 3 is 0.897 bits per heavy atom. The van der Waals surface area contributed by atoms with Crippen molar-refractivity contribution < 1.29 is 0 Å². The van der Waals surface area contributed by atoms with Gasteiger partial charge in [-0.2, -0.15) is 0 Å². The molecule has 10 aromatic carbocycles. The fraction of sp³-hybridized carbons (Fsp3) is 0.0714. The maximum Gasteiger partial charge on any atom is 0.0248 e. The summed E-state index contributed by atoms with van der Waals surface area (Å²) in [6.07, 6.45) is 4.06. The quantitative estimate of drug-likeness (QED) is 0.120. The highest BCUT2D eigenvalue weighted by Gasteiger charge is 2.26. The van der Waals surface area contributed by atoms with Crippen LogP contribution in [-0.2, 0) is 25.7 Å². The Hall–Kier alpha value is -5.30. The van der Waals surface area contributed by atoms with Crippen molar-refractivity contribution in [3.8, 4) is 22.3 Å². The lowest BCUT2D eigenvalue weighted by Crippen LogP contribution is -2.11. The molecule has 12 rings (SSSR count). The minimum Gasteiger partial charge on any atom is -0.0622 e. The molecule has 2 aliphatic carbocycles. The van der Waals surface area contributed by atoms with Gasteiger partial charge in [0.25, 0.3) is 0 Å². The second kappa shape index (κ2) is 14.8. The number of fused-ring (bicyclic) bond motifs is 8. The van der Waals surface area contributed by atoms with Crippen molar-refractivity contribution in [3.05, 3.63) is 234 Å². The van der Waals surface area contributed by atoms with Crippen LogP contribution in [0.5, 0.6) is 0 Å². The van der Waals surface area contributed by atoms with Crippen LogP contribution in [-0.4, -0.2) is 0 Å². The minimum atomic E-state index is 0.971. The van der Waals surface area contributed by atoms with E-state index in [1.54, 1.807) is 0 Å². The highest BCUT2D eigenvalue weighted by Crippen LogP contribution is 2.47.